The Morgan fingerprint density at radius 1 is 1.25 bits per heavy atom. The summed E-state index contributed by atoms with van der Waals surface area (Å²) in [5.41, 5.74) is 3.21. The zero-order valence-electron chi connectivity index (χ0n) is 22.5. The Kier molecular flexibility index (Phi) is 8.47. The summed E-state index contributed by atoms with van der Waals surface area (Å²) in [5, 5.41) is 26.4. The largest absolute Gasteiger partial charge is 0.490 e. The van der Waals surface area contributed by atoms with Gasteiger partial charge in [-0.3, -0.25) is 0 Å². The Bertz CT molecular complexity index is 1400. The average molecular weight is 589 g/mol. The van der Waals surface area contributed by atoms with Crippen LogP contribution in [0.25, 0.3) is 0 Å². The molecule has 0 bridgehead atoms. The van der Waals surface area contributed by atoms with Gasteiger partial charge >= 0.3 is 5.97 Å². The highest BCUT2D eigenvalue weighted by molar-refractivity contribution is 7.89. The van der Waals surface area contributed by atoms with E-state index < -0.39 is 22.1 Å². The first-order chi connectivity index (χ1) is 19.0. The Morgan fingerprint density at radius 2 is 2.08 bits per heavy atom. The van der Waals surface area contributed by atoms with Crippen LogP contribution in [0.5, 0.6) is 5.75 Å². The van der Waals surface area contributed by atoms with Crippen LogP contribution in [-0.4, -0.2) is 56.2 Å². The number of fused-ring (bicyclic) bond motifs is 3. The fourth-order valence-corrected chi connectivity index (χ4v) is 7.35. The van der Waals surface area contributed by atoms with Gasteiger partial charge in [0.05, 0.1) is 29.7 Å². The minimum atomic E-state index is -3.48. The van der Waals surface area contributed by atoms with Crippen molar-refractivity contribution in [3.05, 3.63) is 70.3 Å². The highest BCUT2D eigenvalue weighted by atomic mass is 35.5. The number of unbranched alkanes of at least 4 members (excludes halogenated alkanes) is 1. The molecule has 0 amide bonds. The lowest BCUT2D eigenvalue weighted by Gasteiger charge is -2.45. The molecule has 4 N–H and O–H groups in total. The number of ether oxygens (including phenoxy) is 1. The summed E-state index contributed by atoms with van der Waals surface area (Å²) in [5.74, 6) is -0.101. The number of nitrogens with two attached hydrogens (primary N) is 1. The number of hydrogen-bond donors (Lipinski definition) is 3. The van der Waals surface area contributed by atoms with Crippen LogP contribution in [0.2, 0.25) is 5.02 Å². The zero-order valence-corrected chi connectivity index (χ0v) is 24.0. The number of hydrogen-bond acceptors (Lipinski definition) is 6. The molecule has 10 heteroatoms. The first kappa shape index (κ1) is 28.9. The van der Waals surface area contributed by atoms with Crippen molar-refractivity contribution in [3.8, 4) is 5.75 Å². The molecule has 1 heterocycles. The highest BCUT2D eigenvalue weighted by Gasteiger charge is 2.44. The number of primary sulfonamides is 1. The molecular formula is C30H37ClN2O6S. The van der Waals surface area contributed by atoms with Crippen molar-refractivity contribution >= 4 is 33.3 Å². The second-order valence-electron chi connectivity index (χ2n) is 11.5. The summed E-state index contributed by atoms with van der Waals surface area (Å²) in [6, 6.07) is 11.2. The molecule has 0 aromatic heterocycles. The van der Waals surface area contributed by atoms with Gasteiger partial charge in [-0.1, -0.05) is 29.8 Å². The molecule has 1 spiro atoms. The van der Waals surface area contributed by atoms with Crippen molar-refractivity contribution in [1.82, 2.24) is 0 Å². The lowest BCUT2D eigenvalue weighted by Crippen LogP contribution is -2.49. The van der Waals surface area contributed by atoms with Gasteiger partial charge in [-0.15, -0.1) is 0 Å². The number of aliphatic hydroxyl groups is 1. The number of halogens is 1. The molecular weight excluding hydrogens is 552 g/mol. The molecule has 0 saturated heterocycles. The van der Waals surface area contributed by atoms with E-state index in [0.29, 0.717) is 38.3 Å². The quantitative estimate of drug-likeness (QED) is 0.290. The van der Waals surface area contributed by atoms with Crippen molar-refractivity contribution in [2.45, 2.75) is 56.5 Å². The lowest BCUT2D eigenvalue weighted by atomic mass is 9.68. The maximum atomic E-state index is 11.8. The van der Waals surface area contributed by atoms with E-state index in [1.165, 1.54) is 11.1 Å². The van der Waals surface area contributed by atoms with Gasteiger partial charge in [-0.05, 0) is 98.2 Å². The minimum Gasteiger partial charge on any atom is -0.490 e. The highest BCUT2D eigenvalue weighted by Crippen LogP contribution is 2.46. The van der Waals surface area contributed by atoms with Gasteiger partial charge in [0.2, 0.25) is 10.0 Å². The van der Waals surface area contributed by atoms with Crippen LogP contribution in [0.4, 0.5) is 5.69 Å². The van der Waals surface area contributed by atoms with E-state index in [9.17, 15) is 23.4 Å². The summed E-state index contributed by atoms with van der Waals surface area (Å²) < 4.78 is 28.7. The Morgan fingerprint density at radius 3 is 2.80 bits per heavy atom. The van der Waals surface area contributed by atoms with Crippen LogP contribution < -0.4 is 14.8 Å². The molecule has 2 aromatic rings. The van der Waals surface area contributed by atoms with Gasteiger partial charge in [0.1, 0.15) is 5.75 Å². The average Bonchev–Trinajstić information content (AvgIpc) is 3.02. The van der Waals surface area contributed by atoms with E-state index in [0.717, 1.165) is 42.8 Å². The van der Waals surface area contributed by atoms with Crippen molar-refractivity contribution in [2.24, 2.45) is 17.0 Å². The molecule has 1 saturated carbocycles. The maximum absolute atomic E-state index is 11.8. The van der Waals surface area contributed by atoms with E-state index in [-0.39, 0.29) is 28.6 Å². The van der Waals surface area contributed by atoms with Crippen LogP contribution in [0.1, 0.15) is 60.0 Å². The third kappa shape index (κ3) is 6.33. The van der Waals surface area contributed by atoms with Gasteiger partial charge in [-0.2, -0.15) is 0 Å². The number of rotatable bonds is 9. The monoisotopic (exact) mass is 588 g/mol. The number of anilines is 1. The topological polar surface area (TPSA) is 130 Å². The number of carboxylic acids is 1. The summed E-state index contributed by atoms with van der Waals surface area (Å²) in [6.45, 7) is 1.85. The molecule has 2 aliphatic carbocycles. The maximum Gasteiger partial charge on any atom is 0.335 e. The van der Waals surface area contributed by atoms with Crippen LogP contribution in [0.3, 0.4) is 0 Å². The number of allylic oxidation sites excluding steroid dienone is 1. The van der Waals surface area contributed by atoms with Gasteiger partial charge in [-0.25, -0.2) is 18.4 Å². The minimum absolute atomic E-state index is 0.0677. The third-order valence-corrected chi connectivity index (χ3v) is 9.88. The summed E-state index contributed by atoms with van der Waals surface area (Å²) in [7, 11) is -3.48. The molecule has 5 rings (SSSR count). The van der Waals surface area contributed by atoms with Crippen molar-refractivity contribution in [1.29, 1.82) is 0 Å². The van der Waals surface area contributed by atoms with Gasteiger partial charge in [0, 0.05) is 23.5 Å². The number of aryl methyl sites for hydroxylation is 1. The Balaban J connectivity index is 1.38. The Hall–Kier alpha value is -2.59. The zero-order chi connectivity index (χ0) is 28.5. The fourth-order valence-electron chi connectivity index (χ4n) is 6.58. The number of carboxylic acid groups (broad SMARTS) is 1. The first-order valence-corrected chi connectivity index (χ1v) is 16.0. The summed E-state index contributed by atoms with van der Waals surface area (Å²) >= 11 is 6.34. The van der Waals surface area contributed by atoms with E-state index in [4.69, 9.17) is 21.5 Å². The van der Waals surface area contributed by atoms with Crippen LogP contribution in [0.15, 0.2) is 48.6 Å². The predicted octanol–water partition coefficient (Wildman–Crippen LogP) is 4.52. The molecule has 216 valence electrons. The number of carbonyl (C=O) groups is 1. The molecule has 4 atom stereocenters. The van der Waals surface area contributed by atoms with Gasteiger partial charge in [0.15, 0.2) is 0 Å². The van der Waals surface area contributed by atoms with E-state index in [1.807, 2.05) is 12.1 Å². The number of sulfonamides is 1. The van der Waals surface area contributed by atoms with E-state index in [2.05, 4.69) is 17.0 Å². The third-order valence-electron chi connectivity index (χ3n) is 8.79. The van der Waals surface area contributed by atoms with Crippen molar-refractivity contribution < 1.29 is 28.2 Å². The van der Waals surface area contributed by atoms with Gasteiger partial charge in [0.25, 0.3) is 0 Å². The fraction of sp³-hybridized carbons (Fsp3) is 0.500. The molecule has 0 unspecified atom stereocenters. The molecule has 3 aliphatic rings. The second kappa shape index (κ2) is 11.7. The summed E-state index contributed by atoms with van der Waals surface area (Å²) in [6.07, 6.45) is 8.72. The molecule has 1 aliphatic heterocycles. The normalized spacial score (nSPS) is 25.0. The van der Waals surface area contributed by atoms with Crippen LogP contribution in [0, 0.1) is 11.8 Å². The molecule has 2 aromatic carbocycles. The number of nitrogens with zero attached hydrogens (tertiary/aromatic N) is 1. The van der Waals surface area contributed by atoms with Crippen LogP contribution in [-0.2, 0) is 21.9 Å². The summed E-state index contributed by atoms with van der Waals surface area (Å²) in [4.78, 5) is 14.1. The smallest absolute Gasteiger partial charge is 0.335 e. The predicted molar refractivity (Wildman–Crippen MR) is 156 cm³/mol. The Labute approximate surface area is 240 Å². The SMILES string of the molecule is NS(=O)(=O)CCC/C=C/[C@H](O)[C@@H]1CC[C@H]1CN1C[C@@]2(CCCc3cc(Cl)ccc32)COc2ccc(C(=O)O)cc21. The molecule has 0 radical (unpaired) electrons. The molecule has 8 nitrogen and oxygen atoms in total. The standard InChI is InChI=1S/C30H37ClN2O6S/c31-23-9-11-25-20(15-23)5-4-13-30(25)18-33(26-16-21(29(35)36)8-12-28(26)39-19-30)17-22-7-10-24(22)27(34)6-2-1-3-14-40(32,37)38/h2,6,8-9,11-12,15-16,22,24,27,34H,1,3-5,7,10,13-14,17-19H2,(H,35,36)(H2,32,37,38)/b6-2+/t22-,24+,27-,30-/m0/s1. The second-order valence-corrected chi connectivity index (χ2v) is 13.7. The number of benzene rings is 2. The van der Waals surface area contributed by atoms with Crippen molar-refractivity contribution in [3.63, 3.8) is 0 Å². The molecule has 40 heavy (non-hydrogen) atoms. The first-order valence-electron chi connectivity index (χ1n) is 13.9. The lowest BCUT2D eigenvalue weighted by molar-refractivity contribution is 0.0456. The van der Waals surface area contributed by atoms with Crippen molar-refractivity contribution in [2.75, 3.05) is 30.3 Å². The number of aliphatic hydroxyl groups excluding tert-OH is 1. The number of aromatic carboxylic acids is 1. The van der Waals surface area contributed by atoms with Crippen LogP contribution >= 0.6 is 11.6 Å². The van der Waals surface area contributed by atoms with Gasteiger partial charge < -0.3 is 19.8 Å². The molecule has 1 fully saturated rings. The van der Waals surface area contributed by atoms with E-state index >= 15 is 0 Å². The van der Waals surface area contributed by atoms with E-state index in [1.54, 1.807) is 24.3 Å².